The molecule has 56 heavy (non-hydrogen) atoms. The summed E-state index contributed by atoms with van der Waals surface area (Å²) in [6.45, 7) is 8.09. The maximum absolute atomic E-state index is 5.53. The third-order valence-corrected chi connectivity index (χ3v) is 11.1. The minimum Gasteiger partial charge on any atom is -0.497 e. The lowest BCUT2D eigenvalue weighted by molar-refractivity contribution is 0.393. The van der Waals surface area contributed by atoms with Crippen LogP contribution in [-0.4, -0.2) is 53.6 Å². The molecule has 0 saturated carbocycles. The van der Waals surface area contributed by atoms with Crippen LogP contribution in [-0.2, 0) is 13.1 Å². The lowest BCUT2D eigenvalue weighted by atomic mass is 9.99. The summed E-state index contributed by atoms with van der Waals surface area (Å²) in [6.07, 6.45) is 14.8. The van der Waals surface area contributed by atoms with Crippen molar-refractivity contribution in [3.05, 3.63) is 119 Å². The third-order valence-electron chi connectivity index (χ3n) is 11.1. The molecular formula is C48H62N4O4. The van der Waals surface area contributed by atoms with E-state index in [2.05, 4.69) is 119 Å². The number of para-hydroxylation sites is 2. The van der Waals surface area contributed by atoms with E-state index in [0.717, 1.165) is 49.2 Å². The average Bonchev–Trinajstić information content (AvgIpc) is 3.23. The van der Waals surface area contributed by atoms with Gasteiger partial charge < -0.3 is 39.4 Å². The van der Waals surface area contributed by atoms with E-state index in [0.29, 0.717) is 0 Å². The summed E-state index contributed by atoms with van der Waals surface area (Å²) in [7, 11) is 6.80. The van der Waals surface area contributed by atoms with Crippen molar-refractivity contribution in [1.82, 2.24) is 10.6 Å². The number of benzene rings is 4. The quantitative estimate of drug-likeness (QED) is 0.0815. The number of hydrogen-bond acceptors (Lipinski definition) is 8. The van der Waals surface area contributed by atoms with Crippen LogP contribution in [0.1, 0.15) is 87.5 Å². The van der Waals surface area contributed by atoms with Crippen LogP contribution in [0.2, 0.25) is 0 Å². The van der Waals surface area contributed by atoms with Crippen LogP contribution < -0.4 is 39.4 Å². The number of fused-ring (bicyclic) bond motifs is 2. The van der Waals surface area contributed by atoms with Gasteiger partial charge in [-0.3, -0.25) is 0 Å². The summed E-state index contributed by atoms with van der Waals surface area (Å²) >= 11 is 0. The van der Waals surface area contributed by atoms with Gasteiger partial charge in [0.05, 0.1) is 28.4 Å². The molecule has 2 N–H and O–H groups in total. The molecule has 0 amide bonds. The normalized spacial score (nSPS) is 16.0. The van der Waals surface area contributed by atoms with E-state index in [1.165, 1.54) is 96.4 Å². The molecule has 4 aromatic carbocycles. The van der Waals surface area contributed by atoms with Gasteiger partial charge in [-0.25, -0.2) is 0 Å². The van der Waals surface area contributed by atoms with Gasteiger partial charge in [0.1, 0.15) is 23.0 Å². The summed E-state index contributed by atoms with van der Waals surface area (Å²) in [5.41, 5.74) is 9.86. The highest BCUT2D eigenvalue weighted by molar-refractivity contribution is 5.81. The number of hydrogen-bond donors (Lipinski definition) is 2. The first-order valence-electron chi connectivity index (χ1n) is 20.5. The van der Waals surface area contributed by atoms with Gasteiger partial charge in [-0.05, 0) is 86.4 Å². The Morgan fingerprint density at radius 2 is 0.804 bits per heavy atom. The SMILES string of the molecule is COc1cc(CN2c3ccccc3C(NCCCCCCCCCCNC3=CC(C)N(Cc4cc(OC)cc(OC)c4)c4ccccc43)=CC2C)cc(OC)c1. The number of anilines is 2. The van der Waals surface area contributed by atoms with Crippen molar-refractivity contribution in [2.45, 2.75) is 90.4 Å². The molecule has 8 nitrogen and oxygen atoms in total. The molecule has 298 valence electrons. The molecular weight excluding hydrogens is 697 g/mol. The highest BCUT2D eigenvalue weighted by atomic mass is 16.5. The average molecular weight is 759 g/mol. The third kappa shape index (κ3) is 10.3. The fourth-order valence-corrected chi connectivity index (χ4v) is 8.02. The Bertz CT molecular complexity index is 1760. The van der Waals surface area contributed by atoms with Gasteiger partial charge in [0.25, 0.3) is 0 Å². The van der Waals surface area contributed by atoms with Crippen LogP contribution in [0.15, 0.2) is 97.1 Å². The van der Waals surface area contributed by atoms with Crippen molar-refractivity contribution in [3.63, 3.8) is 0 Å². The first kappa shape index (κ1) is 40.4. The van der Waals surface area contributed by atoms with Crippen molar-refractivity contribution < 1.29 is 18.9 Å². The van der Waals surface area contributed by atoms with Crippen molar-refractivity contribution in [2.24, 2.45) is 0 Å². The van der Waals surface area contributed by atoms with Gasteiger partial charge >= 0.3 is 0 Å². The molecule has 2 heterocycles. The van der Waals surface area contributed by atoms with E-state index < -0.39 is 0 Å². The summed E-state index contributed by atoms with van der Waals surface area (Å²) in [5, 5.41) is 7.57. The molecule has 2 unspecified atom stereocenters. The molecule has 0 bridgehead atoms. The summed E-state index contributed by atoms with van der Waals surface area (Å²) in [5.74, 6) is 3.26. The predicted octanol–water partition coefficient (Wildman–Crippen LogP) is 10.2. The van der Waals surface area contributed by atoms with Crippen LogP contribution in [0, 0.1) is 0 Å². The molecule has 0 spiro atoms. The Balaban J connectivity index is 0.879. The van der Waals surface area contributed by atoms with Crippen LogP contribution in [0.4, 0.5) is 11.4 Å². The lowest BCUT2D eigenvalue weighted by Crippen LogP contribution is -2.36. The highest BCUT2D eigenvalue weighted by Gasteiger charge is 2.25. The highest BCUT2D eigenvalue weighted by Crippen LogP contribution is 2.37. The Labute approximate surface area is 335 Å². The second-order valence-corrected chi connectivity index (χ2v) is 15.1. The van der Waals surface area contributed by atoms with Gasteiger partial charge in [0, 0.05) is 84.3 Å². The van der Waals surface area contributed by atoms with Crippen LogP contribution in [0.5, 0.6) is 23.0 Å². The number of unbranched alkanes of at least 4 members (excludes halogenated alkanes) is 7. The molecule has 0 aliphatic carbocycles. The summed E-state index contributed by atoms with van der Waals surface area (Å²) in [6, 6.07) is 30.2. The van der Waals surface area contributed by atoms with Gasteiger partial charge in [0.15, 0.2) is 0 Å². The molecule has 4 aromatic rings. The number of rotatable bonds is 21. The summed E-state index contributed by atoms with van der Waals surface area (Å²) in [4.78, 5) is 4.91. The molecule has 0 fully saturated rings. The van der Waals surface area contributed by atoms with E-state index in [4.69, 9.17) is 18.9 Å². The zero-order valence-electron chi connectivity index (χ0n) is 34.4. The summed E-state index contributed by atoms with van der Waals surface area (Å²) < 4.78 is 22.1. The molecule has 2 aliphatic rings. The monoisotopic (exact) mass is 758 g/mol. The van der Waals surface area contributed by atoms with Gasteiger partial charge in [-0.2, -0.15) is 0 Å². The molecule has 2 aliphatic heterocycles. The lowest BCUT2D eigenvalue weighted by Gasteiger charge is -2.36. The van der Waals surface area contributed by atoms with Crippen LogP contribution in [0.25, 0.3) is 11.4 Å². The second-order valence-electron chi connectivity index (χ2n) is 15.1. The minimum absolute atomic E-state index is 0.254. The zero-order chi connectivity index (χ0) is 39.3. The fraction of sp³-hybridized carbons (Fsp3) is 0.417. The van der Waals surface area contributed by atoms with Crippen molar-refractivity contribution in [1.29, 1.82) is 0 Å². The minimum atomic E-state index is 0.254. The number of methoxy groups -OCH3 is 4. The van der Waals surface area contributed by atoms with E-state index in [1.807, 2.05) is 12.1 Å². The van der Waals surface area contributed by atoms with Gasteiger partial charge in [-0.1, -0.05) is 74.9 Å². The molecule has 6 rings (SSSR count). The molecule has 0 radical (unpaired) electrons. The van der Waals surface area contributed by atoms with Crippen molar-refractivity contribution >= 4 is 22.8 Å². The molecule has 0 saturated heterocycles. The Morgan fingerprint density at radius 3 is 1.16 bits per heavy atom. The first-order valence-corrected chi connectivity index (χ1v) is 20.5. The Hall–Kier alpha value is -5.24. The largest absolute Gasteiger partial charge is 0.497 e. The van der Waals surface area contributed by atoms with Gasteiger partial charge in [0.2, 0.25) is 0 Å². The second kappa shape index (κ2) is 20.1. The number of nitrogens with one attached hydrogen (secondary N) is 2. The maximum atomic E-state index is 5.53. The van der Waals surface area contributed by atoms with E-state index in [1.54, 1.807) is 28.4 Å². The molecule has 0 aromatic heterocycles. The van der Waals surface area contributed by atoms with Crippen LogP contribution in [0.3, 0.4) is 0 Å². The van der Waals surface area contributed by atoms with E-state index in [9.17, 15) is 0 Å². The van der Waals surface area contributed by atoms with Crippen molar-refractivity contribution in [3.8, 4) is 23.0 Å². The van der Waals surface area contributed by atoms with Gasteiger partial charge in [-0.15, -0.1) is 0 Å². The number of ether oxygens (including phenoxy) is 4. The molecule has 8 heteroatoms. The first-order chi connectivity index (χ1) is 27.4. The zero-order valence-corrected chi connectivity index (χ0v) is 34.4. The maximum Gasteiger partial charge on any atom is 0.122 e. The number of nitrogens with zero attached hydrogens (tertiary/aromatic N) is 2. The van der Waals surface area contributed by atoms with E-state index >= 15 is 0 Å². The van der Waals surface area contributed by atoms with Crippen LogP contribution >= 0.6 is 0 Å². The fourth-order valence-electron chi connectivity index (χ4n) is 8.02. The van der Waals surface area contributed by atoms with E-state index in [-0.39, 0.29) is 12.1 Å². The molecule has 2 atom stereocenters. The Morgan fingerprint density at radius 1 is 0.464 bits per heavy atom. The predicted molar refractivity (Wildman–Crippen MR) is 232 cm³/mol. The standard InChI is InChI=1S/C48H62N4O4/c1-35-25-45(43-19-13-15-21-47(43)51(35)33-37-27-39(53-3)31-40(28-37)54-4)49-23-17-11-9-7-8-10-12-18-24-50-46-26-36(2)52(48-22-16-14-20-44(46)48)34-38-29-41(55-5)32-42(30-38)56-6/h13-16,19-22,25-32,35-36,49-50H,7-12,17-18,23-24,33-34H2,1-6H3. The smallest absolute Gasteiger partial charge is 0.122 e. The topological polar surface area (TPSA) is 67.5 Å². The Kier molecular flexibility index (Phi) is 14.5. The van der Waals surface area contributed by atoms with Crippen molar-refractivity contribution in [2.75, 3.05) is 51.3 Å².